The van der Waals surface area contributed by atoms with Crippen LogP contribution in [0.1, 0.15) is 0 Å². The number of nitrogens with one attached hydrogen (secondary N) is 1. The van der Waals surface area contributed by atoms with Crippen molar-refractivity contribution in [2.24, 2.45) is 0 Å². The highest BCUT2D eigenvalue weighted by Gasteiger charge is 2.12. The van der Waals surface area contributed by atoms with Crippen molar-refractivity contribution < 1.29 is 0 Å². The van der Waals surface area contributed by atoms with E-state index < -0.39 is 0 Å². The van der Waals surface area contributed by atoms with Crippen LogP contribution < -0.4 is 5.56 Å². The molecule has 0 bridgehead atoms. The van der Waals surface area contributed by atoms with Gasteiger partial charge in [0.1, 0.15) is 0 Å². The third kappa shape index (κ3) is 3.22. The van der Waals surface area contributed by atoms with Crippen LogP contribution >= 0.6 is 11.6 Å². The van der Waals surface area contributed by atoms with Gasteiger partial charge in [-0.25, -0.2) is 0 Å². The maximum atomic E-state index is 12.2. The van der Waals surface area contributed by atoms with Crippen LogP contribution in [0.3, 0.4) is 0 Å². The van der Waals surface area contributed by atoms with Crippen molar-refractivity contribution in [3.63, 3.8) is 0 Å². The van der Waals surface area contributed by atoms with Gasteiger partial charge >= 0.3 is 0 Å². The van der Waals surface area contributed by atoms with Gasteiger partial charge in [-0.1, -0.05) is 23.7 Å². The first-order valence-electron chi connectivity index (χ1n) is 9.06. The van der Waals surface area contributed by atoms with Crippen molar-refractivity contribution in [1.82, 2.24) is 19.7 Å². The Balaban J connectivity index is 1.72. The van der Waals surface area contributed by atoms with E-state index in [1.54, 1.807) is 35.4 Å². The van der Waals surface area contributed by atoms with Crippen LogP contribution in [-0.4, -0.2) is 19.7 Å². The number of aromatic nitrogens is 4. The van der Waals surface area contributed by atoms with Crippen molar-refractivity contribution in [2.45, 2.75) is 0 Å². The monoisotopic (exact) mass is 398 g/mol. The summed E-state index contributed by atoms with van der Waals surface area (Å²) < 4.78 is 1.75. The highest BCUT2D eigenvalue weighted by molar-refractivity contribution is 6.30. The molecule has 29 heavy (non-hydrogen) atoms. The molecule has 0 aliphatic carbocycles. The Morgan fingerprint density at radius 3 is 2.55 bits per heavy atom. The zero-order valence-corrected chi connectivity index (χ0v) is 16.0. The Labute approximate surface area is 171 Å². The fraction of sp³-hybridized carbons (Fsp3) is 0. The van der Waals surface area contributed by atoms with Gasteiger partial charge in [-0.2, -0.15) is 0 Å². The lowest BCUT2D eigenvalue weighted by atomic mass is 10.00. The minimum absolute atomic E-state index is 0.180. The van der Waals surface area contributed by atoms with Crippen molar-refractivity contribution in [2.75, 3.05) is 0 Å². The predicted molar refractivity (Wildman–Crippen MR) is 115 cm³/mol. The molecule has 0 spiro atoms. The molecule has 0 aliphatic rings. The van der Waals surface area contributed by atoms with Crippen LogP contribution in [0.4, 0.5) is 0 Å². The molecule has 0 aliphatic heterocycles. The first-order chi connectivity index (χ1) is 14.2. The first kappa shape index (κ1) is 17.4. The lowest BCUT2D eigenvalue weighted by Gasteiger charge is -2.11. The maximum Gasteiger partial charge on any atom is 0.265 e. The molecule has 5 nitrogen and oxygen atoms in total. The Morgan fingerprint density at radius 2 is 1.72 bits per heavy atom. The molecule has 0 saturated carbocycles. The van der Waals surface area contributed by atoms with E-state index in [0.717, 1.165) is 39.0 Å². The quantitative estimate of drug-likeness (QED) is 0.460. The minimum atomic E-state index is -0.180. The van der Waals surface area contributed by atoms with Gasteiger partial charge in [-0.05, 0) is 59.7 Å². The first-order valence-corrected chi connectivity index (χ1v) is 9.44. The van der Waals surface area contributed by atoms with E-state index in [1.165, 1.54) is 0 Å². The molecule has 0 unspecified atom stereocenters. The highest BCUT2D eigenvalue weighted by atomic mass is 35.5. The fourth-order valence-corrected chi connectivity index (χ4v) is 3.70. The average molecular weight is 399 g/mol. The van der Waals surface area contributed by atoms with Crippen molar-refractivity contribution in [3.05, 3.63) is 101 Å². The third-order valence-electron chi connectivity index (χ3n) is 4.83. The molecule has 1 N–H and O–H groups in total. The average Bonchev–Trinajstić information content (AvgIpc) is 3.15. The molecule has 0 saturated heterocycles. The van der Waals surface area contributed by atoms with Gasteiger partial charge in [0.05, 0.1) is 16.9 Å². The lowest BCUT2D eigenvalue weighted by Crippen LogP contribution is -2.04. The summed E-state index contributed by atoms with van der Waals surface area (Å²) >= 11 is 6.15. The van der Waals surface area contributed by atoms with Gasteiger partial charge < -0.3 is 0 Å². The third-order valence-corrected chi connectivity index (χ3v) is 5.06. The molecular formula is C23H15ClN4O. The summed E-state index contributed by atoms with van der Waals surface area (Å²) in [6.45, 7) is 0. The van der Waals surface area contributed by atoms with E-state index in [9.17, 15) is 4.79 Å². The largest absolute Gasteiger partial charge is 0.268 e. The summed E-state index contributed by atoms with van der Waals surface area (Å²) in [6.07, 6.45) is 5.35. The number of aromatic amines is 1. The lowest BCUT2D eigenvalue weighted by molar-refractivity contribution is 0.871. The van der Waals surface area contributed by atoms with E-state index >= 15 is 0 Å². The molecule has 0 fully saturated rings. The second-order valence-corrected chi connectivity index (χ2v) is 7.08. The van der Waals surface area contributed by atoms with E-state index in [1.807, 2.05) is 48.5 Å². The van der Waals surface area contributed by atoms with Crippen LogP contribution in [0, 0.1) is 0 Å². The number of hydrogen-bond acceptors (Lipinski definition) is 3. The standard InChI is InChI=1S/C23H15ClN4O/c24-17-2-1-3-18(13-17)28-22(14-23(29)27-28)16-4-5-21-20(12-16)19(8-11-26-21)15-6-9-25-10-7-15/h1-14H,(H,27,29). The predicted octanol–water partition coefficient (Wildman–Crippen LogP) is 5.10. The second kappa shape index (κ2) is 7.04. The summed E-state index contributed by atoms with van der Waals surface area (Å²) in [6, 6.07) is 20.9. The molecule has 3 heterocycles. The molecule has 6 heteroatoms. The number of halogens is 1. The fourth-order valence-electron chi connectivity index (χ4n) is 3.51. The zero-order chi connectivity index (χ0) is 19.8. The zero-order valence-electron chi connectivity index (χ0n) is 15.2. The highest BCUT2D eigenvalue weighted by Crippen LogP contribution is 2.31. The van der Waals surface area contributed by atoms with Gasteiger partial charge in [0, 0.05) is 40.6 Å². The number of pyridine rings is 2. The SMILES string of the molecule is O=c1cc(-c2ccc3nccc(-c4ccncc4)c3c2)n(-c2cccc(Cl)c2)[nH]1. The Hall–Kier alpha value is -3.70. The van der Waals surface area contributed by atoms with Gasteiger partial charge in [0.15, 0.2) is 0 Å². The van der Waals surface area contributed by atoms with Gasteiger partial charge in [-0.15, -0.1) is 0 Å². The second-order valence-electron chi connectivity index (χ2n) is 6.65. The van der Waals surface area contributed by atoms with Crippen molar-refractivity contribution in [1.29, 1.82) is 0 Å². The van der Waals surface area contributed by atoms with E-state index in [0.29, 0.717) is 5.02 Å². The summed E-state index contributed by atoms with van der Waals surface area (Å²) in [5, 5.41) is 4.46. The Kier molecular flexibility index (Phi) is 4.22. The van der Waals surface area contributed by atoms with Gasteiger partial charge in [0.25, 0.3) is 5.56 Å². The number of H-pyrrole nitrogens is 1. The van der Waals surface area contributed by atoms with Crippen molar-refractivity contribution >= 4 is 22.5 Å². The number of fused-ring (bicyclic) bond motifs is 1. The number of benzene rings is 2. The molecule has 0 atom stereocenters. The summed E-state index contributed by atoms with van der Waals surface area (Å²) in [7, 11) is 0. The number of hydrogen-bond donors (Lipinski definition) is 1. The molecule has 140 valence electrons. The topological polar surface area (TPSA) is 63.6 Å². The van der Waals surface area contributed by atoms with Crippen LogP contribution in [0.5, 0.6) is 0 Å². The molecule has 0 amide bonds. The Bertz CT molecular complexity index is 1390. The number of nitrogens with zero attached hydrogens (tertiary/aromatic N) is 3. The minimum Gasteiger partial charge on any atom is -0.268 e. The van der Waals surface area contributed by atoms with Crippen LogP contribution in [0.15, 0.2) is 90.1 Å². The molecule has 5 rings (SSSR count). The normalized spacial score (nSPS) is 11.1. The molecule has 5 aromatic rings. The molecule has 3 aromatic heterocycles. The summed E-state index contributed by atoms with van der Waals surface area (Å²) in [5.74, 6) is 0. The number of rotatable bonds is 3. The van der Waals surface area contributed by atoms with Gasteiger partial charge in [0.2, 0.25) is 0 Å². The summed E-state index contributed by atoms with van der Waals surface area (Å²) in [5.41, 5.74) is 5.27. The maximum absolute atomic E-state index is 12.2. The molecule has 2 aromatic carbocycles. The van der Waals surface area contributed by atoms with E-state index in [-0.39, 0.29) is 5.56 Å². The smallest absolute Gasteiger partial charge is 0.265 e. The summed E-state index contributed by atoms with van der Waals surface area (Å²) in [4.78, 5) is 20.8. The molecule has 0 radical (unpaired) electrons. The molecular weight excluding hydrogens is 384 g/mol. The van der Waals surface area contributed by atoms with E-state index in [4.69, 9.17) is 11.6 Å². The van der Waals surface area contributed by atoms with Crippen LogP contribution in [-0.2, 0) is 0 Å². The van der Waals surface area contributed by atoms with Gasteiger partial charge in [-0.3, -0.25) is 24.5 Å². The van der Waals surface area contributed by atoms with Crippen molar-refractivity contribution in [3.8, 4) is 28.1 Å². The van der Waals surface area contributed by atoms with Crippen LogP contribution in [0.2, 0.25) is 5.02 Å². The van der Waals surface area contributed by atoms with E-state index in [2.05, 4.69) is 21.1 Å². The van der Waals surface area contributed by atoms with Crippen LogP contribution in [0.25, 0.3) is 39.0 Å². The Morgan fingerprint density at radius 1 is 0.862 bits per heavy atom.